The number of ether oxygens (including phenoxy) is 1. The van der Waals surface area contributed by atoms with Crippen LogP contribution in [0.4, 0.5) is 0 Å². The Hall–Kier alpha value is -2.87. The standard InChI is InChI=1S/C20H23NO6S/c1-5-21-19(22)15(4)26-20(23)16-8-10-17(11-9-16)27-28(24,25)18-12-13(2)6-7-14(18)3/h6-12,15H,5H2,1-4H3,(H,21,22)/t15-/m1/s1. The molecule has 28 heavy (non-hydrogen) atoms. The van der Waals surface area contributed by atoms with Gasteiger partial charge >= 0.3 is 16.1 Å². The van der Waals surface area contributed by atoms with Gasteiger partial charge in [-0.25, -0.2) is 4.79 Å². The van der Waals surface area contributed by atoms with Crippen molar-refractivity contribution in [2.24, 2.45) is 0 Å². The van der Waals surface area contributed by atoms with Crippen LogP contribution in [0.5, 0.6) is 5.75 Å². The molecule has 1 N–H and O–H groups in total. The van der Waals surface area contributed by atoms with Gasteiger partial charge < -0.3 is 14.2 Å². The van der Waals surface area contributed by atoms with E-state index in [4.69, 9.17) is 8.92 Å². The maximum absolute atomic E-state index is 12.5. The van der Waals surface area contributed by atoms with Gasteiger partial charge in [0, 0.05) is 6.54 Å². The molecule has 0 spiro atoms. The molecule has 0 aliphatic rings. The maximum atomic E-state index is 12.5. The van der Waals surface area contributed by atoms with E-state index in [9.17, 15) is 18.0 Å². The van der Waals surface area contributed by atoms with Gasteiger partial charge in [-0.15, -0.1) is 0 Å². The monoisotopic (exact) mass is 405 g/mol. The summed E-state index contributed by atoms with van der Waals surface area (Å²) in [4.78, 5) is 23.8. The molecule has 0 aliphatic heterocycles. The minimum Gasteiger partial charge on any atom is -0.449 e. The van der Waals surface area contributed by atoms with Gasteiger partial charge in [-0.05, 0) is 69.2 Å². The number of esters is 1. The molecule has 2 rings (SSSR count). The summed E-state index contributed by atoms with van der Waals surface area (Å²) in [6.45, 7) is 7.14. The number of rotatable bonds is 7. The molecule has 0 bridgehead atoms. The van der Waals surface area contributed by atoms with Crippen LogP contribution in [0.15, 0.2) is 47.4 Å². The second kappa shape index (κ2) is 8.88. The topological polar surface area (TPSA) is 98.8 Å². The van der Waals surface area contributed by atoms with Crippen LogP contribution in [0, 0.1) is 13.8 Å². The van der Waals surface area contributed by atoms with E-state index >= 15 is 0 Å². The number of amides is 1. The van der Waals surface area contributed by atoms with Crippen LogP contribution in [0.1, 0.15) is 35.3 Å². The van der Waals surface area contributed by atoms with Gasteiger partial charge in [-0.3, -0.25) is 4.79 Å². The zero-order valence-electron chi connectivity index (χ0n) is 16.2. The molecule has 0 unspecified atom stereocenters. The van der Waals surface area contributed by atoms with Crippen molar-refractivity contribution in [3.8, 4) is 5.75 Å². The molecule has 2 aromatic carbocycles. The smallest absolute Gasteiger partial charge is 0.339 e. The Labute approximate surface area is 164 Å². The highest BCUT2D eigenvalue weighted by Crippen LogP contribution is 2.23. The molecule has 0 heterocycles. The number of likely N-dealkylation sites (N-methyl/N-ethyl adjacent to an activating group) is 1. The Morgan fingerprint density at radius 1 is 1.07 bits per heavy atom. The average molecular weight is 405 g/mol. The molecule has 0 saturated carbocycles. The molecule has 0 aliphatic carbocycles. The van der Waals surface area contributed by atoms with Crippen molar-refractivity contribution < 1.29 is 26.9 Å². The van der Waals surface area contributed by atoms with Crippen LogP contribution in [0.25, 0.3) is 0 Å². The number of carbonyl (C=O) groups excluding carboxylic acids is 2. The van der Waals surface area contributed by atoms with Crippen molar-refractivity contribution in [1.29, 1.82) is 0 Å². The molecule has 0 aromatic heterocycles. The Kier molecular flexibility index (Phi) is 6.80. The second-order valence-corrected chi connectivity index (χ2v) is 7.79. The van der Waals surface area contributed by atoms with Crippen molar-refractivity contribution in [1.82, 2.24) is 5.32 Å². The number of nitrogens with one attached hydrogen (secondary N) is 1. The summed E-state index contributed by atoms with van der Waals surface area (Å²) < 4.78 is 35.3. The number of hydrogen-bond acceptors (Lipinski definition) is 6. The van der Waals surface area contributed by atoms with Gasteiger partial charge in [0.25, 0.3) is 5.91 Å². The normalized spacial score (nSPS) is 12.1. The van der Waals surface area contributed by atoms with Crippen molar-refractivity contribution in [3.05, 3.63) is 59.2 Å². The SMILES string of the molecule is CCNC(=O)[C@@H](C)OC(=O)c1ccc(OS(=O)(=O)c2cc(C)ccc2C)cc1. The van der Waals surface area contributed by atoms with E-state index in [1.54, 1.807) is 32.9 Å². The summed E-state index contributed by atoms with van der Waals surface area (Å²) in [5.41, 5.74) is 1.55. The minimum absolute atomic E-state index is 0.0641. The van der Waals surface area contributed by atoms with Crippen molar-refractivity contribution >= 4 is 22.0 Å². The maximum Gasteiger partial charge on any atom is 0.339 e. The molecule has 0 radical (unpaired) electrons. The fraction of sp³-hybridized carbons (Fsp3) is 0.300. The molecule has 0 fully saturated rings. The van der Waals surface area contributed by atoms with E-state index in [0.29, 0.717) is 12.1 Å². The average Bonchev–Trinajstić information content (AvgIpc) is 2.64. The van der Waals surface area contributed by atoms with E-state index < -0.39 is 28.1 Å². The summed E-state index contributed by atoms with van der Waals surface area (Å²) in [7, 11) is -4.01. The first-order valence-electron chi connectivity index (χ1n) is 8.74. The van der Waals surface area contributed by atoms with Crippen LogP contribution in [0.2, 0.25) is 0 Å². The lowest BCUT2D eigenvalue weighted by atomic mass is 10.2. The minimum atomic E-state index is -4.01. The number of hydrogen-bond donors (Lipinski definition) is 1. The molecule has 2 aromatic rings. The van der Waals surface area contributed by atoms with Crippen LogP contribution in [-0.4, -0.2) is 32.9 Å². The highest BCUT2D eigenvalue weighted by atomic mass is 32.2. The first-order chi connectivity index (χ1) is 13.1. The predicted molar refractivity (Wildman–Crippen MR) is 104 cm³/mol. The lowest BCUT2D eigenvalue weighted by Gasteiger charge is -2.13. The molecular formula is C20H23NO6S. The summed E-state index contributed by atoms with van der Waals surface area (Å²) in [6.07, 6.45) is -0.937. The van der Waals surface area contributed by atoms with Gasteiger partial charge in [0.05, 0.1) is 5.56 Å². The summed E-state index contributed by atoms with van der Waals surface area (Å²) in [6, 6.07) is 10.5. The van der Waals surface area contributed by atoms with Crippen LogP contribution >= 0.6 is 0 Å². The zero-order chi connectivity index (χ0) is 20.9. The molecule has 8 heteroatoms. The van der Waals surface area contributed by atoms with Gasteiger partial charge in [-0.2, -0.15) is 8.42 Å². The molecule has 1 amide bonds. The first-order valence-corrected chi connectivity index (χ1v) is 10.2. The highest BCUT2D eigenvalue weighted by Gasteiger charge is 2.21. The van der Waals surface area contributed by atoms with E-state index in [2.05, 4.69) is 5.32 Å². The van der Waals surface area contributed by atoms with E-state index in [1.807, 2.05) is 6.07 Å². The Bertz CT molecular complexity index is 967. The van der Waals surface area contributed by atoms with E-state index in [1.165, 1.54) is 31.2 Å². The Morgan fingerprint density at radius 3 is 2.32 bits per heavy atom. The van der Waals surface area contributed by atoms with Crippen molar-refractivity contribution in [2.75, 3.05) is 6.54 Å². The van der Waals surface area contributed by atoms with Crippen LogP contribution in [0.3, 0.4) is 0 Å². The van der Waals surface area contributed by atoms with Crippen molar-refractivity contribution in [2.45, 2.75) is 38.7 Å². The zero-order valence-corrected chi connectivity index (χ0v) is 17.0. The molecule has 7 nitrogen and oxygen atoms in total. The van der Waals surface area contributed by atoms with E-state index in [0.717, 1.165) is 5.56 Å². The molecule has 1 atom stereocenters. The number of aryl methyl sites for hydroxylation is 2. The quantitative estimate of drug-likeness (QED) is 0.562. The van der Waals surface area contributed by atoms with E-state index in [-0.39, 0.29) is 16.2 Å². The number of carbonyl (C=O) groups is 2. The Balaban J connectivity index is 2.11. The van der Waals surface area contributed by atoms with Gasteiger partial charge in [0.15, 0.2) is 6.10 Å². The third-order valence-corrected chi connectivity index (χ3v) is 5.30. The predicted octanol–water partition coefficient (Wildman–Crippen LogP) is 2.75. The fourth-order valence-corrected chi connectivity index (χ4v) is 3.64. The largest absolute Gasteiger partial charge is 0.449 e. The lowest BCUT2D eigenvalue weighted by Crippen LogP contribution is -2.35. The first kappa shape index (κ1) is 21.4. The van der Waals surface area contributed by atoms with Crippen LogP contribution in [-0.2, 0) is 19.6 Å². The van der Waals surface area contributed by atoms with Crippen molar-refractivity contribution in [3.63, 3.8) is 0 Å². The molecular weight excluding hydrogens is 382 g/mol. The molecule has 0 saturated heterocycles. The second-order valence-electron chi connectivity index (χ2n) is 6.27. The van der Waals surface area contributed by atoms with Gasteiger partial charge in [0.2, 0.25) is 0 Å². The number of benzene rings is 2. The fourth-order valence-electron chi connectivity index (χ4n) is 2.39. The van der Waals surface area contributed by atoms with Crippen LogP contribution < -0.4 is 9.50 Å². The van der Waals surface area contributed by atoms with Gasteiger partial charge in [0.1, 0.15) is 10.6 Å². The Morgan fingerprint density at radius 2 is 1.71 bits per heavy atom. The summed E-state index contributed by atoms with van der Waals surface area (Å²) in [5.74, 6) is -1.02. The molecule has 150 valence electrons. The van der Waals surface area contributed by atoms with Gasteiger partial charge in [-0.1, -0.05) is 12.1 Å². The summed E-state index contributed by atoms with van der Waals surface area (Å²) in [5, 5.41) is 2.56. The third-order valence-electron chi connectivity index (χ3n) is 3.91. The summed E-state index contributed by atoms with van der Waals surface area (Å²) >= 11 is 0. The lowest BCUT2D eigenvalue weighted by molar-refractivity contribution is -0.128. The third kappa shape index (κ3) is 5.32. The highest BCUT2D eigenvalue weighted by molar-refractivity contribution is 7.87.